The lowest BCUT2D eigenvalue weighted by atomic mass is 9.95. The number of rotatable bonds is 6. The van der Waals surface area contributed by atoms with Crippen molar-refractivity contribution in [1.82, 2.24) is 9.88 Å². The van der Waals surface area contributed by atoms with Crippen LogP contribution in [0.5, 0.6) is 0 Å². The van der Waals surface area contributed by atoms with Crippen LogP contribution in [0.25, 0.3) is 0 Å². The van der Waals surface area contributed by atoms with Gasteiger partial charge in [-0.05, 0) is 31.6 Å². The summed E-state index contributed by atoms with van der Waals surface area (Å²) < 4.78 is 0. The number of carbonyl (C=O) groups is 1. The highest BCUT2D eigenvalue weighted by atomic mass is 32.1. The van der Waals surface area contributed by atoms with Crippen molar-refractivity contribution in [3.63, 3.8) is 0 Å². The number of aliphatic hydroxyl groups excluding tert-OH is 1. The monoisotopic (exact) mass is 312 g/mol. The third-order valence-electron chi connectivity index (χ3n) is 3.72. The van der Waals surface area contributed by atoms with Crippen molar-refractivity contribution in [1.29, 1.82) is 0 Å². The van der Waals surface area contributed by atoms with Crippen molar-refractivity contribution in [2.75, 3.05) is 37.3 Å². The van der Waals surface area contributed by atoms with Crippen molar-refractivity contribution >= 4 is 28.2 Å². The van der Waals surface area contributed by atoms with Crippen LogP contribution >= 0.6 is 11.3 Å². The van der Waals surface area contributed by atoms with E-state index >= 15 is 0 Å². The number of aromatic nitrogens is 1. The second kappa shape index (κ2) is 7.61. The molecular weight excluding hydrogens is 288 g/mol. The molecule has 118 valence electrons. The number of carbonyl (C=O) groups excluding carboxylic acids is 1. The standard InChI is InChI=1S/C14H24N4O2S/c1-2-6-16-14-17-12(15)11(21-14)13(20)18-7-3-4-10(9-18)5-8-19/h10,19H,2-9,15H2,1H3,(H,16,17). The first-order valence-corrected chi connectivity index (χ1v) is 8.37. The predicted octanol–water partition coefficient (Wildman–Crippen LogP) is 1.78. The van der Waals surface area contributed by atoms with Crippen molar-refractivity contribution < 1.29 is 9.90 Å². The average Bonchev–Trinajstić information content (AvgIpc) is 2.86. The van der Waals surface area contributed by atoms with E-state index in [0.29, 0.717) is 28.3 Å². The van der Waals surface area contributed by atoms with Crippen LogP contribution in [0.2, 0.25) is 0 Å². The largest absolute Gasteiger partial charge is 0.396 e. The van der Waals surface area contributed by atoms with Crippen molar-refractivity contribution in [2.24, 2.45) is 5.92 Å². The molecule has 0 aliphatic carbocycles. The molecule has 0 spiro atoms. The number of amides is 1. The second-order valence-corrected chi connectivity index (χ2v) is 6.43. The summed E-state index contributed by atoms with van der Waals surface area (Å²) in [5, 5.41) is 12.9. The lowest BCUT2D eigenvalue weighted by Gasteiger charge is -2.32. The van der Waals surface area contributed by atoms with Crippen molar-refractivity contribution in [3.05, 3.63) is 4.88 Å². The summed E-state index contributed by atoms with van der Waals surface area (Å²) in [5.74, 6) is 0.671. The van der Waals surface area contributed by atoms with Gasteiger partial charge >= 0.3 is 0 Å². The number of likely N-dealkylation sites (tertiary alicyclic amines) is 1. The summed E-state index contributed by atoms with van der Waals surface area (Å²) in [7, 11) is 0. The molecule has 1 amide bonds. The molecule has 0 radical (unpaired) electrons. The van der Waals surface area contributed by atoms with E-state index in [1.807, 2.05) is 4.90 Å². The molecule has 7 heteroatoms. The molecule has 4 N–H and O–H groups in total. The van der Waals surface area contributed by atoms with Gasteiger partial charge in [-0.1, -0.05) is 18.3 Å². The Balaban J connectivity index is 2.03. The topological polar surface area (TPSA) is 91.5 Å². The number of aliphatic hydroxyl groups is 1. The number of piperidine rings is 1. The van der Waals surface area contributed by atoms with Crippen LogP contribution in [0.1, 0.15) is 42.3 Å². The molecule has 21 heavy (non-hydrogen) atoms. The van der Waals surface area contributed by atoms with E-state index in [1.165, 1.54) is 11.3 Å². The van der Waals surface area contributed by atoms with Gasteiger partial charge in [-0.2, -0.15) is 0 Å². The van der Waals surface area contributed by atoms with Gasteiger partial charge in [0.25, 0.3) is 5.91 Å². The smallest absolute Gasteiger partial charge is 0.267 e. The lowest BCUT2D eigenvalue weighted by molar-refractivity contribution is 0.0659. The van der Waals surface area contributed by atoms with Crippen LogP contribution < -0.4 is 11.1 Å². The van der Waals surface area contributed by atoms with Crippen LogP contribution in [0.4, 0.5) is 10.9 Å². The molecule has 1 saturated heterocycles. The minimum atomic E-state index is -0.0304. The van der Waals surface area contributed by atoms with Crippen LogP contribution in [0.15, 0.2) is 0 Å². The molecule has 2 heterocycles. The molecule has 1 fully saturated rings. The number of hydrogen-bond acceptors (Lipinski definition) is 6. The Labute approximate surface area is 129 Å². The van der Waals surface area contributed by atoms with E-state index in [2.05, 4.69) is 17.2 Å². The third kappa shape index (κ3) is 4.07. The number of nitrogens with one attached hydrogen (secondary N) is 1. The molecule has 2 rings (SSSR count). The molecule has 0 bridgehead atoms. The first kappa shape index (κ1) is 16.0. The van der Waals surface area contributed by atoms with Crippen LogP contribution in [0, 0.1) is 5.92 Å². The summed E-state index contributed by atoms with van der Waals surface area (Å²) in [4.78, 5) is 19.2. The first-order valence-electron chi connectivity index (χ1n) is 7.56. The number of nitrogen functional groups attached to an aromatic ring is 1. The summed E-state index contributed by atoms with van der Waals surface area (Å²) in [6.07, 6.45) is 3.81. The predicted molar refractivity (Wildman–Crippen MR) is 85.6 cm³/mol. The zero-order chi connectivity index (χ0) is 15.2. The van der Waals surface area contributed by atoms with Crippen molar-refractivity contribution in [3.8, 4) is 0 Å². The molecule has 0 aromatic carbocycles. The molecule has 6 nitrogen and oxygen atoms in total. The van der Waals surface area contributed by atoms with E-state index in [0.717, 1.165) is 38.8 Å². The van der Waals surface area contributed by atoms with E-state index < -0.39 is 0 Å². The van der Waals surface area contributed by atoms with Gasteiger partial charge in [0, 0.05) is 26.2 Å². The molecule has 1 unspecified atom stereocenters. The highest BCUT2D eigenvalue weighted by molar-refractivity contribution is 7.18. The Hall–Kier alpha value is -1.34. The Morgan fingerprint density at radius 2 is 2.43 bits per heavy atom. The van der Waals surface area contributed by atoms with Crippen LogP contribution in [0.3, 0.4) is 0 Å². The van der Waals surface area contributed by atoms with E-state index in [1.54, 1.807) is 0 Å². The Bertz CT molecular complexity index is 476. The summed E-state index contributed by atoms with van der Waals surface area (Å²) >= 11 is 1.33. The number of anilines is 2. The van der Waals surface area contributed by atoms with Gasteiger partial charge in [-0.25, -0.2) is 4.98 Å². The highest BCUT2D eigenvalue weighted by Gasteiger charge is 2.27. The third-order valence-corrected chi connectivity index (χ3v) is 4.73. The van der Waals surface area contributed by atoms with Gasteiger partial charge < -0.3 is 21.1 Å². The number of nitrogens with two attached hydrogens (primary N) is 1. The molecule has 1 atom stereocenters. The zero-order valence-corrected chi connectivity index (χ0v) is 13.3. The minimum absolute atomic E-state index is 0.0304. The highest BCUT2D eigenvalue weighted by Crippen LogP contribution is 2.28. The Kier molecular flexibility index (Phi) is 5.81. The van der Waals surface area contributed by atoms with Gasteiger partial charge in [-0.3, -0.25) is 4.79 Å². The van der Waals surface area contributed by atoms with E-state index in [-0.39, 0.29) is 12.5 Å². The van der Waals surface area contributed by atoms with Gasteiger partial charge in [0.2, 0.25) is 0 Å². The van der Waals surface area contributed by atoms with Gasteiger partial charge in [0.1, 0.15) is 10.7 Å². The second-order valence-electron chi connectivity index (χ2n) is 5.43. The Morgan fingerprint density at radius 3 is 3.14 bits per heavy atom. The summed E-state index contributed by atoms with van der Waals surface area (Å²) in [6, 6.07) is 0. The quantitative estimate of drug-likeness (QED) is 0.745. The molecular formula is C14H24N4O2S. The van der Waals surface area contributed by atoms with Gasteiger partial charge in [0.15, 0.2) is 5.13 Å². The fraction of sp³-hybridized carbons (Fsp3) is 0.714. The maximum Gasteiger partial charge on any atom is 0.267 e. The molecule has 0 saturated carbocycles. The van der Waals surface area contributed by atoms with E-state index in [9.17, 15) is 4.79 Å². The summed E-state index contributed by atoms with van der Waals surface area (Å²) in [5.41, 5.74) is 5.89. The Morgan fingerprint density at radius 1 is 1.62 bits per heavy atom. The maximum absolute atomic E-state index is 12.6. The first-order chi connectivity index (χ1) is 10.2. The minimum Gasteiger partial charge on any atom is -0.396 e. The maximum atomic E-state index is 12.6. The SMILES string of the molecule is CCCNc1nc(N)c(C(=O)N2CCCC(CCO)C2)s1. The van der Waals surface area contributed by atoms with Gasteiger partial charge in [-0.15, -0.1) is 0 Å². The van der Waals surface area contributed by atoms with Gasteiger partial charge in [0.05, 0.1) is 0 Å². The van der Waals surface area contributed by atoms with Crippen molar-refractivity contribution in [2.45, 2.75) is 32.6 Å². The molecule has 1 aliphatic heterocycles. The fourth-order valence-electron chi connectivity index (χ4n) is 2.60. The van der Waals surface area contributed by atoms with Crippen LogP contribution in [-0.4, -0.2) is 47.1 Å². The molecule has 1 aromatic rings. The summed E-state index contributed by atoms with van der Waals surface area (Å²) in [6.45, 7) is 4.54. The number of hydrogen-bond donors (Lipinski definition) is 3. The zero-order valence-electron chi connectivity index (χ0n) is 12.5. The number of nitrogens with zero attached hydrogens (tertiary/aromatic N) is 2. The normalized spacial score (nSPS) is 18.8. The number of thiazole rings is 1. The lowest BCUT2D eigenvalue weighted by Crippen LogP contribution is -2.40. The van der Waals surface area contributed by atoms with E-state index in [4.69, 9.17) is 10.8 Å². The fourth-order valence-corrected chi connectivity index (χ4v) is 3.48. The van der Waals surface area contributed by atoms with Crippen LogP contribution in [-0.2, 0) is 0 Å². The average molecular weight is 312 g/mol. The molecule has 1 aromatic heterocycles. The molecule has 1 aliphatic rings.